The Balaban J connectivity index is 1.59. The minimum atomic E-state index is -3.12. The van der Waals surface area contributed by atoms with Gasteiger partial charge in [-0.1, -0.05) is 25.2 Å². The van der Waals surface area contributed by atoms with E-state index in [0.29, 0.717) is 55.5 Å². The molecule has 4 rings (SSSR count). The zero-order valence-electron chi connectivity index (χ0n) is 27.1. The Morgan fingerprint density at radius 1 is 1.11 bits per heavy atom. The van der Waals surface area contributed by atoms with Crippen LogP contribution in [0.5, 0.6) is 0 Å². The second-order valence-electron chi connectivity index (χ2n) is 10.5. The summed E-state index contributed by atoms with van der Waals surface area (Å²) in [5, 5.41) is 3.65. The van der Waals surface area contributed by atoms with Gasteiger partial charge in [-0.2, -0.15) is 0 Å². The number of ether oxygens (including phenoxy) is 1. The minimum absolute atomic E-state index is 0.0529. The van der Waals surface area contributed by atoms with Crippen LogP contribution in [-0.2, 0) is 29.2 Å². The van der Waals surface area contributed by atoms with Gasteiger partial charge < -0.3 is 32.6 Å². The van der Waals surface area contributed by atoms with Gasteiger partial charge in [-0.15, -0.1) is 11.3 Å². The number of carbonyl (C=O) groups excluding carboxylic acids is 1. The summed E-state index contributed by atoms with van der Waals surface area (Å²) in [7, 11) is -3.12. The second-order valence-corrected chi connectivity index (χ2v) is 14.2. The first-order valence-electron chi connectivity index (χ1n) is 15.6. The van der Waals surface area contributed by atoms with Gasteiger partial charge in [-0.05, 0) is 69.5 Å². The molecule has 244 valence electrons. The second kappa shape index (κ2) is 16.7. The molecule has 0 spiro atoms. The van der Waals surface area contributed by atoms with Crippen LogP contribution < -0.4 is 15.8 Å². The number of nitrogens with one attached hydrogen (secondary N) is 1. The van der Waals surface area contributed by atoms with Crippen LogP contribution in [0.4, 0.5) is 5.69 Å². The van der Waals surface area contributed by atoms with Crippen LogP contribution in [0.25, 0.3) is 21.9 Å². The quantitative estimate of drug-likeness (QED) is 0.0863. The molecular weight excluding hydrogens is 623 g/mol. The lowest BCUT2D eigenvalue weighted by Gasteiger charge is -2.28. The first kappa shape index (κ1) is 35.1. The number of hydrogen-bond acceptors (Lipinski definition) is 9. The maximum atomic E-state index is 13.2. The van der Waals surface area contributed by atoms with E-state index in [2.05, 4.69) is 39.9 Å². The van der Waals surface area contributed by atoms with Gasteiger partial charge in [-0.25, -0.2) is 9.64 Å². The fourth-order valence-electron chi connectivity index (χ4n) is 5.23. The Kier molecular flexibility index (Phi) is 12.7. The van der Waals surface area contributed by atoms with Gasteiger partial charge in [-0.3, -0.25) is 4.79 Å². The van der Waals surface area contributed by atoms with Gasteiger partial charge in [0.15, 0.2) is 0 Å². The zero-order chi connectivity index (χ0) is 33.1. The third-order valence-electron chi connectivity index (χ3n) is 7.30. The van der Waals surface area contributed by atoms with Crippen molar-refractivity contribution in [3.63, 3.8) is 0 Å². The summed E-state index contributed by atoms with van der Waals surface area (Å²) < 4.78 is 28.7. The van der Waals surface area contributed by atoms with Crippen molar-refractivity contribution in [1.29, 1.82) is 0 Å². The lowest BCUT2D eigenvalue weighted by atomic mass is 10.00. The van der Waals surface area contributed by atoms with E-state index >= 15 is 0 Å². The topological polar surface area (TPSA) is 104 Å². The largest absolute Gasteiger partial charge is 0.521 e. The normalized spacial score (nSPS) is 13.7. The molecule has 1 N–H and O–H groups in total. The summed E-state index contributed by atoms with van der Waals surface area (Å²) in [4.78, 5) is 33.3. The van der Waals surface area contributed by atoms with Crippen LogP contribution in [-0.4, -0.2) is 67.0 Å². The molecule has 3 heterocycles. The highest BCUT2D eigenvalue weighted by Crippen LogP contribution is 2.28. The predicted octanol–water partition coefficient (Wildman–Crippen LogP) is 5.32. The number of carbonyl (C=O) groups is 1. The Morgan fingerprint density at radius 2 is 1.80 bits per heavy atom. The number of hydrogen-bond donors (Lipinski definition) is 1. The van der Waals surface area contributed by atoms with E-state index in [-0.39, 0.29) is 11.9 Å². The van der Waals surface area contributed by atoms with E-state index in [4.69, 9.17) is 29.0 Å². The smallest absolute Gasteiger partial charge is 0.422 e. The van der Waals surface area contributed by atoms with Crippen LogP contribution >= 0.6 is 11.3 Å². The van der Waals surface area contributed by atoms with E-state index in [1.807, 2.05) is 45.9 Å². The van der Waals surface area contributed by atoms with E-state index in [0.717, 1.165) is 46.6 Å². The van der Waals surface area contributed by atoms with Gasteiger partial charge in [0.05, 0.1) is 30.8 Å². The predicted molar refractivity (Wildman–Crippen MR) is 183 cm³/mol. The van der Waals surface area contributed by atoms with Crippen molar-refractivity contribution in [2.45, 2.75) is 47.5 Å². The molecule has 1 saturated heterocycles. The number of aryl methyl sites for hydroxylation is 2. The molecule has 46 heavy (non-hydrogen) atoms. The summed E-state index contributed by atoms with van der Waals surface area (Å²) in [6, 6.07) is 7.87. The molecule has 1 aromatic carbocycles. The summed E-state index contributed by atoms with van der Waals surface area (Å²) in [5.74, 6) is 5.72. The molecule has 12 heteroatoms. The number of benzene rings is 1. The highest BCUT2D eigenvalue weighted by atomic mass is 32.1. The first-order chi connectivity index (χ1) is 22.3. The van der Waals surface area contributed by atoms with Crippen molar-refractivity contribution < 1.29 is 27.2 Å². The average molecular weight is 664 g/mol. The lowest BCUT2D eigenvalue weighted by Crippen LogP contribution is -2.55. The molecule has 0 bridgehead atoms. The molecule has 0 radical (unpaired) electrons. The monoisotopic (exact) mass is 663 g/mol. The van der Waals surface area contributed by atoms with Gasteiger partial charge in [0, 0.05) is 54.9 Å². The van der Waals surface area contributed by atoms with Gasteiger partial charge in [0.2, 0.25) is 5.91 Å². The Morgan fingerprint density at radius 3 is 2.43 bits per heavy atom. The van der Waals surface area contributed by atoms with E-state index in [1.165, 1.54) is 17.4 Å². The van der Waals surface area contributed by atoms with Crippen LogP contribution in [0.1, 0.15) is 60.6 Å². The van der Waals surface area contributed by atoms with Crippen molar-refractivity contribution in [1.82, 2.24) is 5.32 Å². The molecular formula is C34H41N3O7SSi. The van der Waals surface area contributed by atoms with Gasteiger partial charge in [0.25, 0.3) is 5.70 Å². The first-order valence-corrected chi connectivity index (χ1v) is 18.4. The van der Waals surface area contributed by atoms with Crippen LogP contribution in [0.2, 0.25) is 0 Å². The molecule has 1 amide bonds. The van der Waals surface area contributed by atoms with Crippen molar-refractivity contribution in [3.05, 3.63) is 78.2 Å². The molecule has 10 nitrogen and oxygen atoms in total. The van der Waals surface area contributed by atoms with E-state index < -0.39 is 20.3 Å². The summed E-state index contributed by atoms with van der Waals surface area (Å²) in [6.45, 7) is 21.2. The number of nitrogens with zero attached hydrogens (tertiary/aromatic N) is 2. The zero-order valence-corrected chi connectivity index (χ0v) is 28.9. The Bertz CT molecular complexity index is 1710. The van der Waals surface area contributed by atoms with Crippen molar-refractivity contribution in [2.24, 2.45) is 0 Å². The van der Waals surface area contributed by atoms with Crippen molar-refractivity contribution in [2.75, 3.05) is 57.2 Å². The molecule has 1 fully saturated rings. The summed E-state index contributed by atoms with van der Waals surface area (Å²) >= 11 is 1.35. The molecule has 1 aliphatic rings. The molecule has 0 saturated carbocycles. The molecule has 2 aromatic heterocycles. The van der Waals surface area contributed by atoms with E-state index in [9.17, 15) is 9.59 Å². The molecule has 1 aliphatic heterocycles. The van der Waals surface area contributed by atoms with E-state index in [1.54, 1.807) is 0 Å². The number of amides is 1. The highest BCUT2D eigenvalue weighted by Gasteiger charge is 2.41. The molecule has 0 aliphatic carbocycles. The third-order valence-corrected chi connectivity index (χ3v) is 11.2. The van der Waals surface area contributed by atoms with Crippen LogP contribution in [0.15, 0.2) is 39.2 Å². The molecule has 0 atom stereocenters. The summed E-state index contributed by atoms with van der Waals surface area (Å²) in [5.41, 5.74) is 3.12. The number of fused-ring (bicyclic) bond motifs is 1. The van der Waals surface area contributed by atoms with Crippen LogP contribution in [0, 0.1) is 25.3 Å². The highest BCUT2D eigenvalue weighted by molar-refractivity contribution is 7.13. The number of thiophene rings is 1. The molecule has 3 aromatic rings. The van der Waals surface area contributed by atoms with Gasteiger partial charge >= 0.3 is 14.4 Å². The number of anilines is 1. The Labute approximate surface area is 275 Å². The third kappa shape index (κ3) is 8.53. The van der Waals surface area contributed by atoms with Crippen molar-refractivity contribution >= 4 is 48.8 Å². The number of morpholine rings is 1. The fraction of sp³-hybridized carbons (Fsp3) is 0.441. The lowest BCUT2D eigenvalue weighted by molar-refractivity contribution is -0.117. The maximum Gasteiger partial charge on any atom is 0.521 e. The average Bonchev–Trinajstić information content (AvgIpc) is 3.41. The summed E-state index contributed by atoms with van der Waals surface area (Å²) in [6.07, 6.45) is 3.12. The number of rotatable bonds is 13. The SMILES string of the molecule is [C-]#[N+]/C(=C\c1cc(C)c(C#Cc2c(CCC)c3ccc(N4CCOCC4)cc3oc2=O)s1)C(=O)NC[Si](OCC)(OCC)OCC. The minimum Gasteiger partial charge on any atom is -0.422 e. The van der Waals surface area contributed by atoms with Crippen LogP contribution in [0.3, 0.4) is 0 Å². The Hall–Kier alpha value is -3.75. The molecule has 0 unspecified atom stereocenters. The standard InChI is InChI=1S/C34H41N3O7SSi/c1-7-11-27-28-13-12-25(37-16-18-40-19-17-37)21-31(28)44-34(39)29(27)14-15-32-24(5)20-26(45-32)22-30(35-6)33(38)36-23-46(41-8-2,42-9-3)43-10-4/h12-13,20-22H,7-11,16-19,23H2,1-5H3,(H,36,38)/b30-22-. The van der Waals surface area contributed by atoms with Gasteiger partial charge in [0.1, 0.15) is 11.1 Å². The fourth-order valence-corrected chi connectivity index (χ4v) is 8.45. The maximum absolute atomic E-state index is 13.2. The van der Waals surface area contributed by atoms with Crippen molar-refractivity contribution in [3.8, 4) is 11.8 Å².